The highest BCUT2D eigenvalue weighted by Crippen LogP contribution is 2.32. The monoisotopic (exact) mass is 330 g/mol. The van der Waals surface area contributed by atoms with Gasteiger partial charge < -0.3 is 10.2 Å². The third-order valence-corrected chi connectivity index (χ3v) is 4.36. The molecule has 0 spiro atoms. The van der Waals surface area contributed by atoms with Gasteiger partial charge in [-0.15, -0.1) is 10.2 Å². The predicted octanol–water partition coefficient (Wildman–Crippen LogP) is 3.81. The number of carbonyl (C=O) groups is 1. The average Bonchev–Trinajstić information content (AvgIpc) is 2.98. The van der Waals surface area contributed by atoms with Gasteiger partial charge in [0.05, 0.1) is 0 Å². The summed E-state index contributed by atoms with van der Waals surface area (Å²) in [5, 5.41) is 11.4. The van der Waals surface area contributed by atoms with Gasteiger partial charge in [0.2, 0.25) is 0 Å². The van der Waals surface area contributed by atoms with Gasteiger partial charge in [-0.2, -0.15) is 0 Å². The van der Waals surface area contributed by atoms with E-state index >= 15 is 0 Å². The zero-order chi connectivity index (χ0) is 17.2. The van der Waals surface area contributed by atoms with E-state index in [9.17, 15) is 4.79 Å². The Labute approximate surface area is 146 Å². The summed E-state index contributed by atoms with van der Waals surface area (Å²) >= 11 is 0. The minimum absolute atomic E-state index is 0.115. The van der Waals surface area contributed by atoms with Crippen LogP contribution in [0.4, 0.5) is 17.2 Å². The number of amides is 1. The van der Waals surface area contributed by atoms with Crippen molar-refractivity contribution in [3.63, 3.8) is 0 Å². The molecule has 1 aliphatic rings. The fourth-order valence-electron chi connectivity index (χ4n) is 3.18. The maximum Gasteiger partial charge on any atom is 0.279 e. The van der Waals surface area contributed by atoms with Crippen molar-refractivity contribution in [1.29, 1.82) is 0 Å². The number of carbonyl (C=O) groups excluding carboxylic acids is 1. The van der Waals surface area contributed by atoms with Gasteiger partial charge in [0.1, 0.15) is 0 Å². The van der Waals surface area contributed by atoms with E-state index < -0.39 is 0 Å². The molecule has 0 radical (unpaired) electrons. The number of nitrogens with zero attached hydrogens (tertiary/aromatic N) is 3. The normalized spacial score (nSPS) is 15.7. The summed E-state index contributed by atoms with van der Waals surface area (Å²) in [4.78, 5) is 14.7. The highest BCUT2D eigenvalue weighted by atomic mass is 16.2. The molecule has 1 aromatic heterocycles. The highest BCUT2D eigenvalue weighted by molar-refractivity contribution is 6.06. The minimum Gasteiger partial charge on any atom is -0.339 e. The first-order valence-electron chi connectivity index (χ1n) is 8.29. The van der Waals surface area contributed by atoms with Crippen molar-refractivity contribution in [2.45, 2.75) is 19.4 Å². The fourth-order valence-corrected chi connectivity index (χ4v) is 3.18. The quantitative estimate of drug-likeness (QED) is 0.793. The molecular weight excluding hydrogens is 312 g/mol. The van der Waals surface area contributed by atoms with Crippen LogP contribution in [0.5, 0.6) is 0 Å². The number of hydrogen-bond acceptors (Lipinski definition) is 4. The van der Waals surface area contributed by atoms with E-state index in [1.54, 1.807) is 12.1 Å². The number of anilines is 3. The zero-order valence-corrected chi connectivity index (χ0v) is 13.9. The standard InChI is InChI=1S/C20H18N4O/c1-14-13-15-7-5-6-10-18(15)24(14)20(25)17-11-12-19(23-22-17)21-16-8-3-2-4-9-16/h2-12,14H,13H2,1H3,(H,21,23). The van der Waals surface area contributed by atoms with Crippen LogP contribution in [0.1, 0.15) is 23.0 Å². The Morgan fingerprint density at radius 3 is 2.52 bits per heavy atom. The van der Waals surface area contributed by atoms with Gasteiger partial charge in [-0.3, -0.25) is 4.79 Å². The van der Waals surface area contributed by atoms with Crippen LogP contribution >= 0.6 is 0 Å². The molecule has 3 aromatic rings. The second-order valence-electron chi connectivity index (χ2n) is 6.15. The second-order valence-corrected chi connectivity index (χ2v) is 6.15. The van der Waals surface area contributed by atoms with Crippen molar-refractivity contribution in [3.05, 3.63) is 78.0 Å². The first kappa shape index (κ1) is 15.3. The molecular formula is C20H18N4O. The van der Waals surface area contributed by atoms with Crippen LogP contribution in [0.25, 0.3) is 0 Å². The van der Waals surface area contributed by atoms with Crippen LogP contribution in [-0.2, 0) is 6.42 Å². The summed E-state index contributed by atoms with van der Waals surface area (Å²) in [6.07, 6.45) is 0.864. The van der Waals surface area contributed by atoms with Crippen LogP contribution in [0.3, 0.4) is 0 Å². The highest BCUT2D eigenvalue weighted by Gasteiger charge is 2.31. The summed E-state index contributed by atoms with van der Waals surface area (Å²) in [5.74, 6) is 0.494. The Kier molecular flexibility index (Phi) is 3.90. The molecule has 25 heavy (non-hydrogen) atoms. The summed E-state index contributed by atoms with van der Waals surface area (Å²) in [7, 11) is 0. The lowest BCUT2D eigenvalue weighted by Gasteiger charge is -2.22. The molecule has 124 valence electrons. The minimum atomic E-state index is -0.115. The van der Waals surface area contributed by atoms with E-state index in [1.807, 2.05) is 53.4 Å². The third kappa shape index (κ3) is 2.96. The van der Waals surface area contributed by atoms with Crippen LogP contribution < -0.4 is 10.2 Å². The molecule has 1 unspecified atom stereocenters. The van der Waals surface area contributed by atoms with Gasteiger partial charge in [0.15, 0.2) is 11.5 Å². The Balaban J connectivity index is 1.55. The van der Waals surface area contributed by atoms with E-state index in [4.69, 9.17) is 0 Å². The topological polar surface area (TPSA) is 58.1 Å². The summed E-state index contributed by atoms with van der Waals surface area (Å²) in [6.45, 7) is 2.05. The lowest BCUT2D eigenvalue weighted by molar-refractivity contribution is 0.0975. The molecule has 2 heterocycles. The van der Waals surface area contributed by atoms with Gasteiger partial charge in [0.25, 0.3) is 5.91 Å². The molecule has 5 heteroatoms. The molecule has 0 fully saturated rings. The van der Waals surface area contributed by atoms with E-state index in [2.05, 4.69) is 28.5 Å². The molecule has 0 bridgehead atoms. The smallest absolute Gasteiger partial charge is 0.279 e. The van der Waals surface area contributed by atoms with E-state index in [1.165, 1.54) is 5.56 Å². The van der Waals surface area contributed by atoms with Crippen molar-refractivity contribution in [2.24, 2.45) is 0 Å². The number of nitrogens with one attached hydrogen (secondary N) is 1. The Morgan fingerprint density at radius 1 is 1.00 bits per heavy atom. The first-order valence-corrected chi connectivity index (χ1v) is 8.29. The molecule has 0 aliphatic carbocycles. The fraction of sp³-hybridized carbons (Fsp3) is 0.150. The van der Waals surface area contributed by atoms with Gasteiger partial charge in [-0.1, -0.05) is 36.4 Å². The number of hydrogen-bond donors (Lipinski definition) is 1. The summed E-state index contributed by atoms with van der Waals surface area (Å²) < 4.78 is 0. The molecule has 5 nitrogen and oxygen atoms in total. The largest absolute Gasteiger partial charge is 0.339 e. The maximum absolute atomic E-state index is 12.9. The summed E-state index contributed by atoms with van der Waals surface area (Å²) in [6, 6.07) is 21.4. The lowest BCUT2D eigenvalue weighted by atomic mass is 10.1. The van der Waals surface area contributed by atoms with E-state index in [-0.39, 0.29) is 11.9 Å². The van der Waals surface area contributed by atoms with Gasteiger partial charge in [0, 0.05) is 17.4 Å². The zero-order valence-electron chi connectivity index (χ0n) is 13.9. The molecule has 1 N–H and O–H groups in total. The molecule has 1 aliphatic heterocycles. The van der Waals surface area contributed by atoms with Crippen LogP contribution in [0.2, 0.25) is 0 Å². The van der Waals surface area contributed by atoms with E-state index in [0.717, 1.165) is 17.8 Å². The molecule has 1 atom stereocenters. The maximum atomic E-state index is 12.9. The van der Waals surface area contributed by atoms with Gasteiger partial charge in [-0.25, -0.2) is 0 Å². The molecule has 1 amide bonds. The van der Waals surface area contributed by atoms with Crippen molar-refractivity contribution in [1.82, 2.24) is 10.2 Å². The SMILES string of the molecule is CC1Cc2ccccc2N1C(=O)c1ccc(Nc2ccccc2)nn1. The van der Waals surface area contributed by atoms with E-state index in [0.29, 0.717) is 11.5 Å². The third-order valence-electron chi connectivity index (χ3n) is 4.36. The number of para-hydroxylation sites is 2. The Morgan fingerprint density at radius 2 is 1.76 bits per heavy atom. The Bertz CT molecular complexity index is 893. The number of fused-ring (bicyclic) bond motifs is 1. The van der Waals surface area contributed by atoms with Crippen molar-refractivity contribution in [2.75, 3.05) is 10.2 Å². The molecule has 0 saturated carbocycles. The Hall–Kier alpha value is -3.21. The van der Waals surface area contributed by atoms with Crippen molar-refractivity contribution >= 4 is 23.1 Å². The molecule has 2 aromatic carbocycles. The van der Waals surface area contributed by atoms with Crippen molar-refractivity contribution < 1.29 is 4.79 Å². The summed E-state index contributed by atoms with van der Waals surface area (Å²) in [5.41, 5.74) is 3.44. The van der Waals surface area contributed by atoms with Crippen LogP contribution in [0.15, 0.2) is 66.7 Å². The predicted molar refractivity (Wildman–Crippen MR) is 98.2 cm³/mol. The lowest BCUT2D eigenvalue weighted by Crippen LogP contribution is -2.36. The van der Waals surface area contributed by atoms with Crippen molar-refractivity contribution in [3.8, 4) is 0 Å². The average molecular weight is 330 g/mol. The number of rotatable bonds is 3. The first-order chi connectivity index (χ1) is 12.2. The molecule has 0 saturated heterocycles. The van der Waals surface area contributed by atoms with Crippen LogP contribution in [-0.4, -0.2) is 22.1 Å². The number of aromatic nitrogens is 2. The molecule has 4 rings (SSSR count). The van der Waals surface area contributed by atoms with Crippen LogP contribution in [0, 0.1) is 0 Å². The second kappa shape index (κ2) is 6.36. The van der Waals surface area contributed by atoms with Gasteiger partial charge in [-0.05, 0) is 49.2 Å². The number of benzene rings is 2. The van der Waals surface area contributed by atoms with Gasteiger partial charge >= 0.3 is 0 Å².